The Balaban J connectivity index is 1.20. The van der Waals surface area contributed by atoms with Gasteiger partial charge in [0.1, 0.15) is 6.17 Å². The second-order valence-electron chi connectivity index (χ2n) is 8.27. The van der Waals surface area contributed by atoms with Crippen LogP contribution in [0.1, 0.15) is 29.2 Å². The summed E-state index contributed by atoms with van der Waals surface area (Å²) in [5.74, 6) is 0.245. The van der Waals surface area contributed by atoms with E-state index in [0.717, 1.165) is 21.7 Å². The molecule has 0 aromatic heterocycles. The molecule has 0 aliphatic carbocycles. The number of hydrogen-bond donors (Lipinski definition) is 3. The van der Waals surface area contributed by atoms with Gasteiger partial charge in [0.05, 0.1) is 17.8 Å². The van der Waals surface area contributed by atoms with Crippen molar-refractivity contribution in [2.45, 2.75) is 38.5 Å². The molecule has 1 saturated heterocycles. The summed E-state index contributed by atoms with van der Waals surface area (Å²) in [5, 5.41) is 10.4. The van der Waals surface area contributed by atoms with E-state index < -0.39 is 0 Å². The van der Waals surface area contributed by atoms with Gasteiger partial charge >= 0.3 is 0 Å². The van der Waals surface area contributed by atoms with Crippen LogP contribution in [0.25, 0.3) is 0 Å². The summed E-state index contributed by atoms with van der Waals surface area (Å²) in [7, 11) is 0. The number of amides is 1. The highest BCUT2D eigenvalue weighted by atomic mass is 79.9. The lowest BCUT2D eigenvalue weighted by Gasteiger charge is -2.36. The number of benzene rings is 2. The zero-order valence-electron chi connectivity index (χ0n) is 17.9. The van der Waals surface area contributed by atoms with Crippen molar-refractivity contribution >= 4 is 44.5 Å². The number of hydrazine groups is 1. The average Bonchev–Trinajstić information content (AvgIpc) is 3.39. The number of aryl methyl sites for hydroxylation is 2. The number of carbonyl (C=O) groups is 1. The maximum atomic E-state index is 12.4. The molecule has 2 aromatic carbocycles. The minimum absolute atomic E-state index is 0.0413. The molecule has 0 radical (unpaired) electrons. The van der Waals surface area contributed by atoms with E-state index in [1.54, 1.807) is 0 Å². The summed E-state index contributed by atoms with van der Waals surface area (Å²) in [6, 6.07) is 14.7. The van der Waals surface area contributed by atoms with Crippen molar-refractivity contribution in [3.8, 4) is 0 Å². The predicted octanol–water partition coefficient (Wildman–Crippen LogP) is 4.04. The first-order valence-electron chi connectivity index (χ1n) is 10.6. The second-order valence-corrected chi connectivity index (χ2v) is 10.1. The molecule has 3 aliphatic rings. The third-order valence-electron chi connectivity index (χ3n) is 5.98. The Hall–Kier alpha value is -2.49. The van der Waals surface area contributed by atoms with Crippen LogP contribution < -0.4 is 16.2 Å². The number of halogens is 1. The molecule has 3 heterocycles. The van der Waals surface area contributed by atoms with E-state index in [1.165, 1.54) is 28.5 Å². The van der Waals surface area contributed by atoms with E-state index in [4.69, 9.17) is 0 Å². The molecule has 3 aliphatic heterocycles. The molecule has 3 N–H and O–H groups in total. The van der Waals surface area contributed by atoms with Gasteiger partial charge in [-0.05, 0) is 55.7 Å². The molecule has 0 spiro atoms. The lowest BCUT2D eigenvalue weighted by atomic mass is 9.95. The van der Waals surface area contributed by atoms with E-state index in [2.05, 4.69) is 85.4 Å². The first-order valence-corrected chi connectivity index (χ1v) is 12.4. The fourth-order valence-electron chi connectivity index (χ4n) is 4.35. The summed E-state index contributed by atoms with van der Waals surface area (Å²) < 4.78 is 0.981. The summed E-state index contributed by atoms with van der Waals surface area (Å²) in [6.07, 6.45) is 5.11. The van der Waals surface area contributed by atoms with Crippen LogP contribution in [0.5, 0.6) is 0 Å². The predicted molar refractivity (Wildman–Crippen MR) is 133 cm³/mol. The number of carbonyl (C=O) groups excluding carboxylic acids is 1. The smallest absolute Gasteiger partial charge is 0.234 e. The van der Waals surface area contributed by atoms with Gasteiger partial charge in [0.15, 0.2) is 5.17 Å². The van der Waals surface area contributed by atoms with Gasteiger partial charge in [-0.25, -0.2) is 5.43 Å². The van der Waals surface area contributed by atoms with Crippen LogP contribution in [0.2, 0.25) is 0 Å². The fraction of sp³-hybridized carbons (Fsp3) is 0.304. The quantitative estimate of drug-likeness (QED) is 0.574. The first kappa shape index (κ1) is 21.4. The topological polar surface area (TPSA) is 72.0 Å². The zero-order chi connectivity index (χ0) is 22.2. The minimum atomic E-state index is -0.0522. The number of rotatable bonds is 4. The third-order valence-corrected chi connectivity index (χ3v) is 7.47. The first-order chi connectivity index (χ1) is 15.5. The number of fused-ring (bicyclic) bond motifs is 3. The number of nitrogens with one attached hydrogen (secondary N) is 3. The Morgan fingerprint density at radius 3 is 2.84 bits per heavy atom. The highest BCUT2D eigenvalue weighted by Gasteiger charge is 2.44. The number of nitrogens with zero attached hydrogens (tertiary/aromatic N) is 3. The molecule has 7 nitrogen and oxygen atoms in total. The molecule has 5 rings (SSSR count). The molecule has 166 valence electrons. The molecule has 1 fully saturated rings. The number of hydrazone groups is 1. The maximum Gasteiger partial charge on any atom is 0.234 e. The van der Waals surface area contributed by atoms with Crippen molar-refractivity contribution in [2.24, 2.45) is 5.10 Å². The Morgan fingerprint density at radius 1 is 1.22 bits per heavy atom. The number of amidine groups is 1. The summed E-state index contributed by atoms with van der Waals surface area (Å²) in [5.41, 5.74) is 11.6. The van der Waals surface area contributed by atoms with Crippen LogP contribution in [0.4, 0.5) is 5.69 Å². The molecule has 1 amide bonds. The van der Waals surface area contributed by atoms with Crippen LogP contribution in [-0.4, -0.2) is 38.9 Å². The molecule has 3 atom stereocenters. The number of anilines is 1. The van der Waals surface area contributed by atoms with Crippen LogP contribution in [0.15, 0.2) is 64.4 Å². The Morgan fingerprint density at radius 2 is 2.03 bits per heavy atom. The van der Waals surface area contributed by atoms with E-state index in [1.807, 2.05) is 30.5 Å². The zero-order valence-corrected chi connectivity index (χ0v) is 20.3. The van der Waals surface area contributed by atoms with Gasteiger partial charge in [0.2, 0.25) is 5.91 Å². The summed E-state index contributed by atoms with van der Waals surface area (Å²) in [4.78, 5) is 14.5. The van der Waals surface area contributed by atoms with Crippen molar-refractivity contribution < 1.29 is 4.79 Å². The fourth-order valence-corrected chi connectivity index (χ4v) is 5.39. The maximum absolute atomic E-state index is 12.4. The van der Waals surface area contributed by atoms with E-state index >= 15 is 0 Å². The Kier molecular flexibility index (Phi) is 5.88. The second kappa shape index (κ2) is 8.80. The van der Waals surface area contributed by atoms with Gasteiger partial charge in [-0.2, -0.15) is 5.10 Å². The third kappa shape index (κ3) is 4.24. The molecule has 9 heteroatoms. The molecular weight excluding hydrogens is 488 g/mol. The summed E-state index contributed by atoms with van der Waals surface area (Å²) >= 11 is 4.84. The van der Waals surface area contributed by atoms with Crippen molar-refractivity contribution in [1.82, 2.24) is 20.8 Å². The summed E-state index contributed by atoms with van der Waals surface area (Å²) in [6.45, 7) is 4.30. The molecule has 3 unspecified atom stereocenters. The normalized spacial score (nSPS) is 23.5. The van der Waals surface area contributed by atoms with E-state index in [9.17, 15) is 4.79 Å². The van der Waals surface area contributed by atoms with Crippen LogP contribution in [0.3, 0.4) is 0 Å². The molecule has 0 bridgehead atoms. The molecular formula is C23H25BrN6OS. The highest BCUT2D eigenvalue weighted by Crippen LogP contribution is 2.36. The van der Waals surface area contributed by atoms with Crippen molar-refractivity contribution in [3.05, 3.63) is 76.0 Å². The minimum Gasteiger partial charge on any atom is -0.325 e. The standard InChI is InChI=1S/C23H25BrN6OS/c1-14-3-4-15(2)18(11-14)19-12-20-22-26-27-23(29(22)9-10-30(20)28-19)32-13-21(31)25-17-7-5-16(24)6-8-17/h3-11,19-20,22,26,28H,12-13H2,1-2H3,(H,25,31). The SMILES string of the molecule is Cc1ccc(C)c(C2CC3C4NN=C(SCC(=O)Nc5ccc(Br)cc5)N4C=CN3N2)c1. The molecule has 2 aromatic rings. The lowest BCUT2D eigenvalue weighted by molar-refractivity contribution is -0.113. The highest BCUT2D eigenvalue weighted by molar-refractivity contribution is 9.10. The van der Waals surface area contributed by atoms with Gasteiger partial charge in [0.25, 0.3) is 0 Å². The monoisotopic (exact) mass is 512 g/mol. The lowest BCUT2D eigenvalue weighted by Crippen LogP contribution is -2.54. The Bertz CT molecular complexity index is 1090. The van der Waals surface area contributed by atoms with Gasteiger partial charge in [-0.15, -0.1) is 0 Å². The van der Waals surface area contributed by atoms with E-state index in [0.29, 0.717) is 5.75 Å². The Labute approximate surface area is 200 Å². The largest absolute Gasteiger partial charge is 0.325 e. The van der Waals surface area contributed by atoms with E-state index in [-0.39, 0.29) is 24.2 Å². The van der Waals surface area contributed by atoms with Crippen LogP contribution >= 0.6 is 27.7 Å². The average molecular weight is 513 g/mol. The molecule has 32 heavy (non-hydrogen) atoms. The number of hydrogen-bond acceptors (Lipinski definition) is 7. The molecule has 0 saturated carbocycles. The number of thioether (sulfide) groups is 1. The van der Waals surface area contributed by atoms with Gasteiger partial charge in [-0.1, -0.05) is 51.5 Å². The van der Waals surface area contributed by atoms with Gasteiger partial charge in [-0.3, -0.25) is 10.2 Å². The van der Waals surface area contributed by atoms with Crippen LogP contribution in [-0.2, 0) is 4.79 Å². The van der Waals surface area contributed by atoms with Gasteiger partial charge in [0, 0.05) is 22.6 Å². The van der Waals surface area contributed by atoms with Gasteiger partial charge < -0.3 is 15.2 Å². The van der Waals surface area contributed by atoms with Crippen molar-refractivity contribution in [1.29, 1.82) is 0 Å². The van der Waals surface area contributed by atoms with Crippen LogP contribution in [0, 0.1) is 13.8 Å². The van der Waals surface area contributed by atoms with Crippen molar-refractivity contribution in [3.63, 3.8) is 0 Å². The van der Waals surface area contributed by atoms with Crippen molar-refractivity contribution in [2.75, 3.05) is 11.1 Å².